The smallest absolute Gasteiger partial charge is 0.323 e. The van der Waals surface area contributed by atoms with Gasteiger partial charge in [0.05, 0.1) is 0 Å². The van der Waals surface area contributed by atoms with E-state index in [9.17, 15) is 9.59 Å². The highest BCUT2D eigenvalue weighted by atomic mass is 16.4. The summed E-state index contributed by atoms with van der Waals surface area (Å²) in [6.45, 7) is -0.210. The van der Waals surface area contributed by atoms with E-state index in [2.05, 4.69) is 0 Å². The molecule has 18 heavy (non-hydrogen) atoms. The Morgan fingerprint density at radius 2 is 1.78 bits per heavy atom. The Hall–Kier alpha value is -1.84. The number of amides is 1. The molecule has 1 aromatic rings. The van der Waals surface area contributed by atoms with Crippen molar-refractivity contribution in [1.82, 2.24) is 4.90 Å². The Morgan fingerprint density at radius 1 is 1.17 bits per heavy atom. The molecule has 0 bridgehead atoms. The van der Waals surface area contributed by atoms with Crippen LogP contribution in [0.1, 0.15) is 36.0 Å². The number of carbonyl (C=O) groups excluding carboxylic acids is 1. The van der Waals surface area contributed by atoms with Crippen LogP contribution >= 0.6 is 0 Å². The Labute approximate surface area is 106 Å². The molecule has 0 atom stereocenters. The van der Waals surface area contributed by atoms with Gasteiger partial charge in [0.2, 0.25) is 0 Å². The molecule has 1 N–H and O–H groups in total. The lowest BCUT2D eigenvalue weighted by Gasteiger charge is -2.27. The fourth-order valence-electron chi connectivity index (χ4n) is 2.47. The number of rotatable bonds is 4. The maximum atomic E-state index is 12.3. The van der Waals surface area contributed by atoms with Gasteiger partial charge in [-0.2, -0.15) is 0 Å². The van der Waals surface area contributed by atoms with Gasteiger partial charge in [-0.3, -0.25) is 9.59 Å². The number of carboxylic acids is 1. The zero-order valence-corrected chi connectivity index (χ0v) is 10.2. The average molecular weight is 247 g/mol. The number of aliphatic carboxylic acids is 1. The second kappa shape index (κ2) is 5.67. The standard InChI is InChI=1S/C14H17NO3/c16-13(17)10-15(12-8-4-5-9-12)14(18)11-6-2-1-3-7-11/h1-3,6-7,12H,4-5,8-10H2,(H,16,17). The molecule has 96 valence electrons. The summed E-state index contributed by atoms with van der Waals surface area (Å²) in [4.78, 5) is 24.7. The SMILES string of the molecule is O=C(O)CN(C(=O)c1ccccc1)C1CCCC1. The van der Waals surface area contributed by atoms with Gasteiger partial charge in [-0.15, -0.1) is 0 Å². The van der Waals surface area contributed by atoms with Crippen molar-refractivity contribution in [2.24, 2.45) is 0 Å². The Balaban J connectivity index is 2.17. The summed E-state index contributed by atoms with van der Waals surface area (Å²) in [5.74, 6) is -1.13. The molecule has 0 heterocycles. The van der Waals surface area contributed by atoms with Crippen LogP contribution in [0.25, 0.3) is 0 Å². The lowest BCUT2D eigenvalue weighted by atomic mass is 10.1. The lowest BCUT2D eigenvalue weighted by Crippen LogP contribution is -2.42. The van der Waals surface area contributed by atoms with E-state index >= 15 is 0 Å². The van der Waals surface area contributed by atoms with Crippen molar-refractivity contribution in [1.29, 1.82) is 0 Å². The Morgan fingerprint density at radius 3 is 2.33 bits per heavy atom. The molecule has 0 aromatic heterocycles. The van der Waals surface area contributed by atoms with Crippen LogP contribution < -0.4 is 0 Å². The van der Waals surface area contributed by atoms with Gasteiger partial charge in [0.25, 0.3) is 5.91 Å². The quantitative estimate of drug-likeness (QED) is 0.887. The average Bonchev–Trinajstić information content (AvgIpc) is 2.89. The molecule has 0 spiro atoms. The Bertz CT molecular complexity index is 424. The molecule has 4 nitrogen and oxygen atoms in total. The minimum atomic E-state index is -0.953. The van der Waals surface area contributed by atoms with Gasteiger partial charge in [-0.25, -0.2) is 0 Å². The van der Waals surface area contributed by atoms with E-state index in [0.717, 1.165) is 25.7 Å². The molecule has 1 aliphatic rings. The van der Waals surface area contributed by atoms with Crippen LogP contribution in [0.4, 0.5) is 0 Å². The monoisotopic (exact) mass is 247 g/mol. The molecular weight excluding hydrogens is 230 g/mol. The lowest BCUT2D eigenvalue weighted by molar-refractivity contribution is -0.138. The van der Waals surface area contributed by atoms with E-state index in [-0.39, 0.29) is 18.5 Å². The van der Waals surface area contributed by atoms with Crippen molar-refractivity contribution >= 4 is 11.9 Å². The molecular formula is C14H17NO3. The first-order valence-corrected chi connectivity index (χ1v) is 6.26. The van der Waals surface area contributed by atoms with E-state index in [1.165, 1.54) is 4.90 Å². The van der Waals surface area contributed by atoms with Gasteiger partial charge in [-0.05, 0) is 25.0 Å². The molecule has 0 aliphatic heterocycles. The van der Waals surface area contributed by atoms with Crippen molar-refractivity contribution in [3.8, 4) is 0 Å². The molecule has 0 radical (unpaired) electrons. The number of hydrogen-bond donors (Lipinski definition) is 1. The third-order valence-electron chi connectivity index (χ3n) is 3.35. The first-order chi connectivity index (χ1) is 8.68. The molecule has 0 unspecified atom stereocenters. The molecule has 1 amide bonds. The third-order valence-corrected chi connectivity index (χ3v) is 3.35. The predicted octanol–water partition coefficient (Wildman–Crippen LogP) is 2.16. The molecule has 1 saturated carbocycles. The Kier molecular flexibility index (Phi) is 3.97. The fourth-order valence-corrected chi connectivity index (χ4v) is 2.47. The van der Waals surface area contributed by atoms with Crippen LogP contribution in [0.5, 0.6) is 0 Å². The van der Waals surface area contributed by atoms with E-state index in [0.29, 0.717) is 5.56 Å². The van der Waals surface area contributed by atoms with Gasteiger partial charge < -0.3 is 10.0 Å². The summed E-state index contributed by atoms with van der Waals surface area (Å²) in [5.41, 5.74) is 0.561. The van der Waals surface area contributed by atoms with Gasteiger partial charge in [0.1, 0.15) is 6.54 Å². The molecule has 0 saturated heterocycles. The topological polar surface area (TPSA) is 57.6 Å². The summed E-state index contributed by atoms with van der Waals surface area (Å²) in [7, 11) is 0. The fraction of sp³-hybridized carbons (Fsp3) is 0.429. The van der Waals surface area contributed by atoms with Gasteiger partial charge in [0, 0.05) is 11.6 Å². The van der Waals surface area contributed by atoms with Crippen molar-refractivity contribution in [2.75, 3.05) is 6.54 Å². The van der Waals surface area contributed by atoms with Gasteiger partial charge >= 0.3 is 5.97 Å². The van der Waals surface area contributed by atoms with E-state index in [1.54, 1.807) is 24.3 Å². The third kappa shape index (κ3) is 2.88. The van der Waals surface area contributed by atoms with Crippen LogP contribution in [0.15, 0.2) is 30.3 Å². The summed E-state index contributed by atoms with van der Waals surface area (Å²) < 4.78 is 0. The predicted molar refractivity (Wildman–Crippen MR) is 67.4 cm³/mol. The van der Waals surface area contributed by atoms with Crippen LogP contribution in [0.3, 0.4) is 0 Å². The van der Waals surface area contributed by atoms with E-state index in [4.69, 9.17) is 5.11 Å². The highest BCUT2D eigenvalue weighted by Crippen LogP contribution is 2.24. The zero-order valence-electron chi connectivity index (χ0n) is 10.2. The molecule has 1 fully saturated rings. The highest BCUT2D eigenvalue weighted by Gasteiger charge is 2.28. The molecule has 1 aromatic carbocycles. The number of nitrogens with zero attached hydrogens (tertiary/aromatic N) is 1. The minimum Gasteiger partial charge on any atom is -0.480 e. The highest BCUT2D eigenvalue weighted by molar-refractivity contribution is 5.96. The maximum Gasteiger partial charge on any atom is 0.323 e. The van der Waals surface area contributed by atoms with Crippen LogP contribution in [0.2, 0.25) is 0 Å². The second-order valence-corrected chi connectivity index (χ2v) is 4.63. The number of carbonyl (C=O) groups is 2. The largest absolute Gasteiger partial charge is 0.480 e. The summed E-state index contributed by atoms with van der Waals surface area (Å²) in [6.07, 6.45) is 3.96. The van der Waals surface area contributed by atoms with Crippen molar-refractivity contribution in [2.45, 2.75) is 31.7 Å². The van der Waals surface area contributed by atoms with Crippen LogP contribution in [0, 0.1) is 0 Å². The number of benzene rings is 1. The number of carboxylic acid groups (broad SMARTS) is 1. The summed E-state index contributed by atoms with van der Waals surface area (Å²) in [5, 5.41) is 8.95. The zero-order chi connectivity index (χ0) is 13.0. The first-order valence-electron chi connectivity index (χ1n) is 6.26. The maximum absolute atomic E-state index is 12.3. The first kappa shape index (κ1) is 12.6. The summed E-state index contributed by atoms with van der Waals surface area (Å²) >= 11 is 0. The molecule has 2 rings (SSSR count). The van der Waals surface area contributed by atoms with Crippen LogP contribution in [-0.2, 0) is 4.79 Å². The second-order valence-electron chi connectivity index (χ2n) is 4.63. The van der Waals surface area contributed by atoms with Crippen molar-refractivity contribution < 1.29 is 14.7 Å². The van der Waals surface area contributed by atoms with Gasteiger partial charge in [0.15, 0.2) is 0 Å². The molecule has 4 heteroatoms. The van der Waals surface area contributed by atoms with Gasteiger partial charge in [-0.1, -0.05) is 31.0 Å². The number of hydrogen-bond acceptors (Lipinski definition) is 2. The van der Waals surface area contributed by atoms with E-state index in [1.807, 2.05) is 6.07 Å². The normalized spacial score (nSPS) is 15.6. The van der Waals surface area contributed by atoms with Crippen LogP contribution in [-0.4, -0.2) is 34.5 Å². The van der Waals surface area contributed by atoms with Crippen molar-refractivity contribution in [3.05, 3.63) is 35.9 Å². The minimum absolute atomic E-state index is 0.0776. The van der Waals surface area contributed by atoms with Crippen molar-refractivity contribution in [3.63, 3.8) is 0 Å². The molecule has 1 aliphatic carbocycles. The van der Waals surface area contributed by atoms with E-state index < -0.39 is 5.97 Å². The summed E-state index contributed by atoms with van der Waals surface area (Å²) in [6, 6.07) is 8.96.